The van der Waals surface area contributed by atoms with E-state index in [9.17, 15) is 9.18 Å². The molecule has 4 nitrogen and oxygen atoms in total. The molecule has 0 bridgehead atoms. The summed E-state index contributed by atoms with van der Waals surface area (Å²) >= 11 is 0. The molecule has 0 aliphatic rings. The van der Waals surface area contributed by atoms with Crippen LogP contribution >= 0.6 is 0 Å². The molecule has 0 aliphatic heterocycles. The molecule has 2 aromatic carbocycles. The zero-order chi connectivity index (χ0) is 15.2. The van der Waals surface area contributed by atoms with Gasteiger partial charge in [0, 0.05) is 11.6 Å². The Balaban J connectivity index is 2.15. The summed E-state index contributed by atoms with van der Waals surface area (Å²) in [5.41, 5.74) is 0.987. The smallest absolute Gasteiger partial charge is 0.338 e. The Morgan fingerprint density at radius 2 is 2.05 bits per heavy atom. The summed E-state index contributed by atoms with van der Waals surface area (Å²) in [6, 6.07) is 12.6. The summed E-state index contributed by atoms with van der Waals surface area (Å²) in [6.45, 7) is 0.0939. The van der Waals surface area contributed by atoms with Crippen molar-refractivity contribution in [2.75, 3.05) is 7.11 Å². The molecule has 0 aliphatic carbocycles. The van der Waals surface area contributed by atoms with Crippen molar-refractivity contribution >= 4 is 5.97 Å². The van der Waals surface area contributed by atoms with Gasteiger partial charge in [-0.3, -0.25) is 0 Å². The number of hydrogen-bond donors (Lipinski definition) is 0. The number of hydrogen-bond acceptors (Lipinski definition) is 4. The van der Waals surface area contributed by atoms with Gasteiger partial charge < -0.3 is 9.47 Å². The number of rotatable bonds is 4. The Labute approximate surface area is 121 Å². The maximum Gasteiger partial charge on any atom is 0.338 e. The average molecular weight is 285 g/mol. The lowest BCUT2D eigenvalue weighted by Gasteiger charge is -2.10. The topological polar surface area (TPSA) is 59.3 Å². The average Bonchev–Trinajstić information content (AvgIpc) is 2.52. The second kappa shape index (κ2) is 6.53. The summed E-state index contributed by atoms with van der Waals surface area (Å²) in [6.07, 6.45) is 0. The molecule has 5 heteroatoms. The molecule has 0 saturated carbocycles. The lowest BCUT2D eigenvalue weighted by molar-refractivity contribution is 0.0597. The van der Waals surface area contributed by atoms with Gasteiger partial charge >= 0.3 is 5.97 Å². The number of carbonyl (C=O) groups is 1. The van der Waals surface area contributed by atoms with Gasteiger partial charge in [0.25, 0.3) is 0 Å². The first-order chi connectivity index (χ1) is 10.2. The minimum absolute atomic E-state index is 0.0442. The molecular formula is C16H12FNO3. The van der Waals surface area contributed by atoms with Crippen molar-refractivity contribution in [2.45, 2.75) is 6.61 Å². The maximum atomic E-state index is 13.5. The predicted octanol–water partition coefficient (Wildman–Crippen LogP) is 3.06. The lowest BCUT2D eigenvalue weighted by Crippen LogP contribution is -2.07. The van der Waals surface area contributed by atoms with E-state index in [0.717, 1.165) is 6.07 Å². The first-order valence-corrected chi connectivity index (χ1v) is 6.14. The Kier molecular flexibility index (Phi) is 4.52. The molecule has 0 atom stereocenters. The number of nitrogens with zero attached hydrogens (tertiary/aromatic N) is 1. The second-order valence-electron chi connectivity index (χ2n) is 4.19. The van der Waals surface area contributed by atoms with Gasteiger partial charge in [-0.2, -0.15) is 5.26 Å². The van der Waals surface area contributed by atoms with E-state index < -0.39 is 11.8 Å². The van der Waals surface area contributed by atoms with Crippen molar-refractivity contribution in [3.63, 3.8) is 0 Å². The predicted molar refractivity (Wildman–Crippen MR) is 73.2 cm³/mol. The van der Waals surface area contributed by atoms with E-state index in [0.29, 0.717) is 11.1 Å². The van der Waals surface area contributed by atoms with Crippen molar-refractivity contribution in [3.8, 4) is 11.8 Å². The summed E-state index contributed by atoms with van der Waals surface area (Å²) in [4.78, 5) is 11.6. The fourth-order valence-electron chi connectivity index (χ4n) is 1.79. The summed E-state index contributed by atoms with van der Waals surface area (Å²) in [5.74, 6) is -0.817. The van der Waals surface area contributed by atoms with Crippen LogP contribution < -0.4 is 4.74 Å². The van der Waals surface area contributed by atoms with Crippen molar-refractivity contribution < 1.29 is 18.7 Å². The third kappa shape index (κ3) is 3.37. The fourth-order valence-corrected chi connectivity index (χ4v) is 1.79. The second-order valence-corrected chi connectivity index (χ2v) is 4.19. The molecule has 0 aromatic heterocycles. The van der Waals surface area contributed by atoms with Gasteiger partial charge in [0.15, 0.2) is 0 Å². The van der Waals surface area contributed by atoms with Crippen LogP contribution in [0, 0.1) is 17.1 Å². The molecule has 0 radical (unpaired) electrons. The molecule has 0 spiro atoms. The van der Waals surface area contributed by atoms with Gasteiger partial charge in [-0.05, 0) is 18.2 Å². The van der Waals surface area contributed by atoms with Gasteiger partial charge in [-0.1, -0.05) is 18.2 Å². The Morgan fingerprint density at radius 3 is 2.71 bits per heavy atom. The van der Waals surface area contributed by atoms with Gasteiger partial charge in [-0.25, -0.2) is 9.18 Å². The number of esters is 1. The van der Waals surface area contributed by atoms with Crippen LogP contribution in [0.3, 0.4) is 0 Å². The van der Waals surface area contributed by atoms with E-state index in [-0.39, 0.29) is 17.9 Å². The Bertz CT molecular complexity index is 707. The van der Waals surface area contributed by atoms with Crippen LogP contribution in [0.1, 0.15) is 21.5 Å². The van der Waals surface area contributed by atoms with Crippen molar-refractivity contribution in [1.82, 2.24) is 0 Å². The van der Waals surface area contributed by atoms with Crippen LogP contribution in [-0.2, 0) is 11.3 Å². The highest BCUT2D eigenvalue weighted by Crippen LogP contribution is 2.19. The molecule has 0 amide bonds. The van der Waals surface area contributed by atoms with E-state index in [1.54, 1.807) is 30.3 Å². The molecule has 106 valence electrons. The normalized spacial score (nSPS) is 9.76. The van der Waals surface area contributed by atoms with E-state index in [1.807, 2.05) is 0 Å². The first kappa shape index (κ1) is 14.5. The van der Waals surface area contributed by atoms with E-state index in [4.69, 9.17) is 10.00 Å². The van der Waals surface area contributed by atoms with Gasteiger partial charge in [0.2, 0.25) is 0 Å². The minimum atomic E-state index is -0.642. The number of ether oxygens (including phenoxy) is 2. The third-order valence-electron chi connectivity index (χ3n) is 2.88. The van der Waals surface area contributed by atoms with Gasteiger partial charge in [0.1, 0.15) is 24.2 Å². The number of methoxy groups -OCH3 is 1. The zero-order valence-electron chi connectivity index (χ0n) is 11.3. The first-order valence-electron chi connectivity index (χ1n) is 6.14. The molecule has 0 unspecified atom stereocenters. The lowest BCUT2D eigenvalue weighted by atomic mass is 10.1. The van der Waals surface area contributed by atoms with Gasteiger partial charge in [0.05, 0.1) is 18.2 Å². The molecule has 0 N–H and O–H groups in total. The summed E-state index contributed by atoms with van der Waals surface area (Å²) in [7, 11) is 1.30. The molecule has 21 heavy (non-hydrogen) atoms. The van der Waals surface area contributed by atoms with Crippen LogP contribution in [0.5, 0.6) is 5.75 Å². The van der Waals surface area contributed by atoms with E-state index in [2.05, 4.69) is 4.74 Å². The number of nitriles is 1. The highest BCUT2D eigenvalue weighted by molar-refractivity contribution is 5.90. The van der Waals surface area contributed by atoms with Crippen LogP contribution in [0.25, 0.3) is 0 Å². The molecule has 0 saturated heterocycles. The number of carbonyl (C=O) groups excluding carboxylic acids is 1. The van der Waals surface area contributed by atoms with E-state index >= 15 is 0 Å². The van der Waals surface area contributed by atoms with Crippen LogP contribution in [0.4, 0.5) is 4.39 Å². The highest BCUT2D eigenvalue weighted by atomic mass is 19.1. The summed E-state index contributed by atoms with van der Waals surface area (Å²) in [5, 5.41) is 8.66. The molecular weight excluding hydrogens is 273 g/mol. The SMILES string of the molecule is COC(=O)c1ccccc1COc1ccc(C#N)c(F)c1. The minimum Gasteiger partial charge on any atom is -0.489 e. The van der Waals surface area contributed by atoms with Crippen LogP contribution in [-0.4, -0.2) is 13.1 Å². The van der Waals surface area contributed by atoms with E-state index in [1.165, 1.54) is 19.2 Å². The maximum absolute atomic E-state index is 13.5. The molecule has 0 fully saturated rings. The van der Waals surface area contributed by atoms with Gasteiger partial charge in [-0.15, -0.1) is 0 Å². The van der Waals surface area contributed by atoms with Crippen LogP contribution in [0.15, 0.2) is 42.5 Å². The fraction of sp³-hybridized carbons (Fsp3) is 0.125. The largest absolute Gasteiger partial charge is 0.489 e. The number of halogens is 1. The van der Waals surface area contributed by atoms with Crippen molar-refractivity contribution in [1.29, 1.82) is 5.26 Å². The monoisotopic (exact) mass is 285 g/mol. The molecule has 0 heterocycles. The quantitative estimate of drug-likeness (QED) is 0.810. The van der Waals surface area contributed by atoms with Crippen molar-refractivity contribution in [3.05, 3.63) is 65.0 Å². The Morgan fingerprint density at radius 1 is 1.29 bits per heavy atom. The zero-order valence-corrected chi connectivity index (χ0v) is 11.3. The Hall–Kier alpha value is -2.87. The number of benzene rings is 2. The van der Waals surface area contributed by atoms with Crippen molar-refractivity contribution in [2.24, 2.45) is 0 Å². The highest BCUT2D eigenvalue weighted by Gasteiger charge is 2.11. The standard InChI is InChI=1S/C16H12FNO3/c1-20-16(19)14-5-3-2-4-12(14)10-21-13-7-6-11(9-18)15(17)8-13/h2-8H,10H2,1H3. The van der Waals surface area contributed by atoms with Crippen LogP contribution in [0.2, 0.25) is 0 Å². The summed E-state index contributed by atoms with van der Waals surface area (Å²) < 4.78 is 23.6. The third-order valence-corrected chi connectivity index (χ3v) is 2.88. The molecule has 2 aromatic rings. The molecule has 2 rings (SSSR count).